The van der Waals surface area contributed by atoms with Gasteiger partial charge in [-0.2, -0.15) is 0 Å². The monoisotopic (exact) mass is 294 g/mol. The molecule has 0 saturated carbocycles. The molecule has 0 spiro atoms. The first kappa shape index (κ1) is 12.3. The van der Waals surface area contributed by atoms with Gasteiger partial charge in [-0.3, -0.25) is 4.79 Å². The highest BCUT2D eigenvalue weighted by molar-refractivity contribution is 9.10. The highest BCUT2D eigenvalue weighted by Crippen LogP contribution is 2.10. The summed E-state index contributed by atoms with van der Waals surface area (Å²) in [5, 5.41) is 0. The van der Waals surface area contributed by atoms with Crippen LogP contribution >= 0.6 is 15.9 Å². The first-order chi connectivity index (χ1) is 8.25. The molecule has 3 nitrogen and oxygen atoms in total. The molecule has 0 aliphatic carbocycles. The van der Waals surface area contributed by atoms with E-state index in [0.29, 0.717) is 5.56 Å². The lowest BCUT2D eigenvalue weighted by atomic mass is 10.1. The molecule has 0 aromatic carbocycles. The molecule has 1 aliphatic rings. The van der Waals surface area contributed by atoms with Gasteiger partial charge in [0.15, 0.2) is 5.78 Å². The summed E-state index contributed by atoms with van der Waals surface area (Å²) >= 11 is 3.25. The molecule has 2 heterocycles. The Morgan fingerprint density at radius 1 is 1.29 bits per heavy atom. The Labute approximate surface area is 110 Å². The van der Waals surface area contributed by atoms with E-state index in [1.165, 1.54) is 19.3 Å². The van der Waals surface area contributed by atoms with Crippen molar-refractivity contribution < 1.29 is 4.79 Å². The van der Waals surface area contributed by atoms with Crippen LogP contribution in [-0.2, 0) is 0 Å². The Bertz CT molecular complexity index is 408. The van der Waals surface area contributed by atoms with E-state index < -0.39 is 0 Å². The van der Waals surface area contributed by atoms with Crippen molar-refractivity contribution in [2.75, 3.05) is 13.1 Å². The molecule has 17 heavy (non-hydrogen) atoms. The van der Waals surface area contributed by atoms with Crippen LogP contribution in [0.1, 0.15) is 29.6 Å². The Hall–Kier alpha value is -1.16. The lowest BCUT2D eigenvalue weighted by Gasteiger charge is -2.24. The van der Waals surface area contributed by atoms with Gasteiger partial charge in [0, 0.05) is 37.1 Å². The number of hydrogen-bond acceptors (Lipinski definition) is 3. The third-order valence-electron chi connectivity index (χ3n) is 2.84. The van der Waals surface area contributed by atoms with Gasteiger partial charge in [0.05, 0.1) is 0 Å². The number of pyridine rings is 1. The fraction of sp³-hybridized carbons (Fsp3) is 0.385. The number of carbonyl (C=O) groups excluding carboxylic acids is 1. The lowest BCUT2D eigenvalue weighted by Crippen LogP contribution is -2.24. The van der Waals surface area contributed by atoms with Crippen molar-refractivity contribution >= 4 is 21.7 Å². The molecular weight excluding hydrogens is 280 g/mol. The summed E-state index contributed by atoms with van der Waals surface area (Å²) in [5.41, 5.74) is 0.626. The predicted octanol–water partition coefficient (Wildman–Crippen LogP) is 3.03. The number of allylic oxidation sites excluding steroid dienone is 1. The van der Waals surface area contributed by atoms with E-state index in [1.54, 1.807) is 24.4 Å². The van der Waals surface area contributed by atoms with Gasteiger partial charge < -0.3 is 4.90 Å². The fourth-order valence-corrected chi connectivity index (χ4v) is 2.09. The molecule has 0 bridgehead atoms. The van der Waals surface area contributed by atoms with Gasteiger partial charge in [-0.05, 0) is 47.3 Å². The van der Waals surface area contributed by atoms with Gasteiger partial charge in [0.2, 0.25) is 0 Å². The maximum Gasteiger partial charge on any atom is 0.188 e. The average Bonchev–Trinajstić information content (AvgIpc) is 2.38. The summed E-state index contributed by atoms with van der Waals surface area (Å²) in [7, 11) is 0. The molecule has 0 radical (unpaired) electrons. The Kier molecular flexibility index (Phi) is 4.31. The van der Waals surface area contributed by atoms with Crippen LogP contribution in [-0.4, -0.2) is 28.8 Å². The van der Waals surface area contributed by atoms with Crippen molar-refractivity contribution in [1.29, 1.82) is 0 Å². The van der Waals surface area contributed by atoms with Gasteiger partial charge in [0.1, 0.15) is 4.60 Å². The number of halogens is 1. The van der Waals surface area contributed by atoms with Gasteiger partial charge in [-0.25, -0.2) is 4.98 Å². The van der Waals surface area contributed by atoms with Crippen LogP contribution in [0.15, 0.2) is 35.2 Å². The van der Waals surface area contributed by atoms with Crippen LogP contribution in [0.5, 0.6) is 0 Å². The summed E-state index contributed by atoms with van der Waals surface area (Å²) in [4.78, 5) is 18.1. The zero-order chi connectivity index (χ0) is 12.1. The largest absolute Gasteiger partial charge is 0.377 e. The maximum atomic E-state index is 11.8. The van der Waals surface area contributed by atoms with Gasteiger partial charge in [0.25, 0.3) is 0 Å². The SMILES string of the molecule is O=C(C=CN1CCCCC1)c1ccc(Br)nc1. The molecule has 0 N–H and O–H groups in total. The molecule has 90 valence electrons. The van der Waals surface area contributed by atoms with Crippen molar-refractivity contribution in [2.45, 2.75) is 19.3 Å². The van der Waals surface area contributed by atoms with Gasteiger partial charge in [-0.15, -0.1) is 0 Å². The molecule has 1 aromatic heterocycles. The van der Waals surface area contributed by atoms with Crippen molar-refractivity contribution in [1.82, 2.24) is 9.88 Å². The maximum absolute atomic E-state index is 11.8. The highest BCUT2D eigenvalue weighted by atomic mass is 79.9. The standard InChI is InChI=1S/C13H15BrN2O/c14-13-5-4-11(10-15-13)12(17)6-9-16-7-2-1-3-8-16/h4-6,9-10H,1-3,7-8H2. The van der Waals surface area contributed by atoms with E-state index in [-0.39, 0.29) is 5.78 Å². The summed E-state index contributed by atoms with van der Waals surface area (Å²) in [6.45, 7) is 2.12. The van der Waals surface area contributed by atoms with E-state index in [2.05, 4.69) is 25.8 Å². The third-order valence-corrected chi connectivity index (χ3v) is 3.31. The molecule has 0 atom stereocenters. The molecule has 1 aromatic rings. The van der Waals surface area contributed by atoms with Crippen LogP contribution in [0, 0.1) is 0 Å². The third kappa shape index (κ3) is 3.66. The molecule has 1 aliphatic heterocycles. The summed E-state index contributed by atoms with van der Waals surface area (Å²) in [6.07, 6.45) is 8.87. The second-order valence-electron chi connectivity index (χ2n) is 4.15. The number of nitrogens with zero attached hydrogens (tertiary/aromatic N) is 2. The average molecular weight is 295 g/mol. The Balaban J connectivity index is 1.96. The molecule has 0 unspecified atom stereocenters. The minimum atomic E-state index is 0.00979. The molecule has 1 saturated heterocycles. The number of likely N-dealkylation sites (tertiary alicyclic amines) is 1. The van der Waals surface area contributed by atoms with E-state index in [9.17, 15) is 4.79 Å². The van der Waals surface area contributed by atoms with Gasteiger partial charge >= 0.3 is 0 Å². The van der Waals surface area contributed by atoms with Crippen LogP contribution < -0.4 is 0 Å². The zero-order valence-electron chi connectivity index (χ0n) is 9.60. The first-order valence-corrected chi connectivity index (χ1v) is 6.63. The van der Waals surface area contributed by atoms with Crippen LogP contribution in [0.3, 0.4) is 0 Å². The van der Waals surface area contributed by atoms with Crippen molar-refractivity contribution in [3.8, 4) is 0 Å². The topological polar surface area (TPSA) is 33.2 Å². The molecule has 1 fully saturated rings. The minimum Gasteiger partial charge on any atom is -0.377 e. The second kappa shape index (κ2) is 5.96. The molecular formula is C13H15BrN2O. The summed E-state index contributed by atoms with van der Waals surface area (Å²) < 4.78 is 0.745. The predicted molar refractivity (Wildman–Crippen MR) is 70.8 cm³/mol. The number of ketones is 1. The van der Waals surface area contributed by atoms with E-state index >= 15 is 0 Å². The van der Waals surface area contributed by atoms with Crippen LogP contribution in [0.4, 0.5) is 0 Å². The molecule has 4 heteroatoms. The van der Waals surface area contributed by atoms with E-state index in [1.807, 2.05) is 6.20 Å². The summed E-state index contributed by atoms with van der Waals surface area (Å²) in [5.74, 6) is 0.00979. The molecule has 0 amide bonds. The molecule has 2 rings (SSSR count). The number of carbonyl (C=O) groups is 1. The number of piperidine rings is 1. The Morgan fingerprint density at radius 3 is 2.71 bits per heavy atom. The first-order valence-electron chi connectivity index (χ1n) is 5.84. The van der Waals surface area contributed by atoms with Crippen LogP contribution in [0.2, 0.25) is 0 Å². The highest BCUT2D eigenvalue weighted by Gasteiger charge is 2.07. The van der Waals surface area contributed by atoms with Crippen molar-refractivity contribution in [3.63, 3.8) is 0 Å². The minimum absolute atomic E-state index is 0.00979. The lowest BCUT2D eigenvalue weighted by molar-refractivity contribution is 0.104. The Morgan fingerprint density at radius 2 is 2.06 bits per heavy atom. The van der Waals surface area contributed by atoms with Gasteiger partial charge in [-0.1, -0.05) is 0 Å². The number of hydrogen-bond donors (Lipinski definition) is 0. The van der Waals surface area contributed by atoms with E-state index in [4.69, 9.17) is 0 Å². The van der Waals surface area contributed by atoms with E-state index in [0.717, 1.165) is 17.7 Å². The van der Waals surface area contributed by atoms with Crippen molar-refractivity contribution in [3.05, 3.63) is 40.8 Å². The normalized spacial score (nSPS) is 16.4. The fourth-order valence-electron chi connectivity index (χ4n) is 1.86. The zero-order valence-corrected chi connectivity index (χ0v) is 11.2. The van der Waals surface area contributed by atoms with Crippen molar-refractivity contribution in [2.24, 2.45) is 0 Å². The number of rotatable bonds is 3. The second-order valence-corrected chi connectivity index (χ2v) is 4.96. The summed E-state index contributed by atoms with van der Waals surface area (Å²) in [6, 6.07) is 3.56. The van der Waals surface area contributed by atoms with Crippen LogP contribution in [0.25, 0.3) is 0 Å². The quantitative estimate of drug-likeness (QED) is 0.488. The smallest absolute Gasteiger partial charge is 0.188 e. The number of aromatic nitrogens is 1.